The summed E-state index contributed by atoms with van der Waals surface area (Å²) in [4.78, 5) is 12.2. The minimum atomic E-state index is 0.0358. The van der Waals surface area contributed by atoms with Gasteiger partial charge in [-0.15, -0.1) is 0 Å². The monoisotopic (exact) mass is 362 g/mol. The number of anilines is 1. The highest BCUT2D eigenvalue weighted by Gasteiger charge is 2.21. The standard InChI is InChI=1S/C19H26N2O3S/c22-18(14-5-2-1-3-6-14)21-19(25)20-15-8-10-16(11-9-15)24-13-17-7-4-12-23-17/h8-11,14,17H,1-7,12-13H2,(H2,20,21,22,25). The molecule has 3 rings (SSSR count). The molecular formula is C19H26N2O3S. The average Bonchev–Trinajstić information content (AvgIpc) is 3.15. The summed E-state index contributed by atoms with van der Waals surface area (Å²) in [5.74, 6) is 0.939. The Morgan fingerprint density at radius 3 is 2.56 bits per heavy atom. The molecule has 1 aliphatic heterocycles. The maximum Gasteiger partial charge on any atom is 0.229 e. The molecular weight excluding hydrogens is 336 g/mol. The van der Waals surface area contributed by atoms with E-state index in [9.17, 15) is 4.79 Å². The predicted octanol–water partition coefficient (Wildman–Crippen LogP) is 3.64. The SMILES string of the molecule is O=C(NC(=S)Nc1ccc(OCC2CCCO2)cc1)C1CCCCC1. The van der Waals surface area contributed by atoms with E-state index in [1.54, 1.807) is 0 Å². The maximum absolute atomic E-state index is 12.2. The molecule has 0 aromatic heterocycles. The summed E-state index contributed by atoms with van der Waals surface area (Å²) < 4.78 is 11.3. The number of carbonyl (C=O) groups is 1. The fourth-order valence-electron chi connectivity index (χ4n) is 3.34. The molecule has 1 aromatic carbocycles. The van der Waals surface area contributed by atoms with Gasteiger partial charge in [0.1, 0.15) is 12.4 Å². The van der Waals surface area contributed by atoms with Crippen molar-refractivity contribution in [1.82, 2.24) is 5.32 Å². The molecule has 2 aliphatic rings. The van der Waals surface area contributed by atoms with Crippen molar-refractivity contribution in [2.45, 2.75) is 51.0 Å². The number of hydrogen-bond acceptors (Lipinski definition) is 4. The Morgan fingerprint density at radius 1 is 1.12 bits per heavy atom. The second-order valence-corrected chi connectivity index (χ2v) is 7.16. The molecule has 1 saturated carbocycles. The van der Waals surface area contributed by atoms with Crippen LogP contribution in [0.25, 0.3) is 0 Å². The lowest BCUT2D eigenvalue weighted by Gasteiger charge is -2.21. The average molecular weight is 362 g/mol. The number of thiocarbonyl (C=S) groups is 1. The fourth-order valence-corrected chi connectivity index (χ4v) is 3.56. The van der Waals surface area contributed by atoms with Gasteiger partial charge in [0.15, 0.2) is 5.11 Å². The Balaban J connectivity index is 1.42. The molecule has 2 fully saturated rings. The molecule has 0 spiro atoms. The minimum Gasteiger partial charge on any atom is -0.491 e. The molecule has 5 nitrogen and oxygen atoms in total. The van der Waals surface area contributed by atoms with E-state index in [2.05, 4.69) is 10.6 Å². The number of nitrogens with one attached hydrogen (secondary N) is 2. The molecule has 1 atom stereocenters. The molecule has 0 radical (unpaired) electrons. The van der Waals surface area contributed by atoms with Crippen molar-refractivity contribution < 1.29 is 14.3 Å². The minimum absolute atomic E-state index is 0.0358. The predicted molar refractivity (Wildman–Crippen MR) is 102 cm³/mol. The van der Waals surface area contributed by atoms with Gasteiger partial charge in [0.2, 0.25) is 5.91 Å². The van der Waals surface area contributed by atoms with Crippen molar-refractivity contribution >= 4 is 28.9 Å². The summed E-state index contributed by atoms with van der Waals surface area (Å²) in [6.45, 7) is 1.42. The molecule has 1 heterocycles. The second kappa shape index (κ2) is 9.15. The van der Waals surface area contributed by atoms with Crippen molar-refractivity contribution in [2.24, 2.45) is 5.92 Å². The van der Waals surface area contributed by atoms with Gasteiger partial charge in [0.05, 0.1) is 6.10 Å². The van der Waals surface area contributed by atoms with Gasteiger partial charge in [-0.05, 0) is 62.2 Å². The molecule has 1 unspecified atom stereocenters. The number of rotatable bonds is 5. The number of amides is 1. The summed E-state index contributed by atoms with van der Waals surface area (Å²) in [5.41, 5.74) is 0.832. The van der Waals surface area contributed by atoms with Crippen LogP contribution < -0.4 is 15.4 Å². The van der Waals surface area contributed by atoms with Crippen LogP contribution in [0, 0.1) is 5.92 Å². The summed E-state index contributed by atoms with van der Waals surface area (Å²) in [6, 6.07) is 7.57. The molecule has 1 saturated heterocycles. The molecule has 136 valence electrons. The van der Waals surface area contributed by atoms with Gasteiger partial charge < -0.3 is 20.1 Å². The van der Waals surface area contributed by atoms with E-state index < -0.39 is 0 Å². The number of benzene rings is 1. The molecule has 1 aliphatic carbocycles. The van der Waals surface area contributed by atoms with E-state index in [-0.39, 0.29) is 17.9 Å². The van der Waals surface area contributed by atoms with Gasteiger partial charge in [0.25, 0.3) is 0 Å². The van der Waals surface area contributed by atoms with Crippen LogP contribution in [-0.2, 0) is 9.53 Å². The van der Waals surface area contributed by atoms with Crippen LogP contribution in [-0.4, -0.2) is 30.3 Å². The van der Waals surface area contributed by atoms with E-state index in [0.717, 1.165) is 56.6 Å². The molecule has 25 heavy (non-hydrogen) atoms. The van der Waals surface area contributed by atoms with Crippen LogP contribution in [0.4, 0.5) is 5.69 Å². The van der Waals surface area contributed by atoms with E-state index in [1.165, 1.54) is 6.42 Å². The van der Waals surface area contributed by atoms with Gasteiger partial charge in [-0.1, -0.05) is 19.3 Å². The first-order valence-corrected chi connectivity index (χ1v) is 9.58. The normalized spacial score (nSPS) is 20.9. The zero-order chi connectivity index (χ0) is 17.5. The zero-order valence-electron chi connectivity index (χ0n) is 14.5. The van der Waals surface area contributed by atoms with Crippen LogP contribution in [0.5, 0.6) is 5.75 Å². The Morgan fingerprint density at radius 2 is 1.88 bits per heavy atom. The lowest BCUT2D eigenvalue weighted by atomic mass is 9.89. The summed E-state index contributed by atoms with van der Waals surface area (Å²) in [7, 11) is 0. The first-order chi connectivity index (χ1) is 12.2. The number of ether oxygens (including phenoxy) is 2. The van der Waals surface area contributed by atoms with Gasteiger partial charge in [0, 0.05) is 18.2 Å². The van der Waals surface area contributed by atoms with Crippen molar-refractivity contribution in [2.75, 3.05) is 18.5 Å². The van der Waals surface area contributed by atoms with Crippen molar-refractivity contribution in [3.63, 3.8) is 0 Å². The number of carbonyl (C=O) groups excluding carboxylic acids is 1. The largest absolute Gasteiger partial charge is 0.491 e. The van der Waals surface area contributed by atoms with E-state index in [1.807, 2.05) is 24.3 Å². The van der Waals surface area contributed by atoms with Crippen LogP contribution >= 0.6 is 12.2 Å². The highest BCUT2D eigenvalue weighted by molar-refractivity contribution is 7.80. The van der Waals surface area contributed by atoms with Crippen LogP contribution in [0.15, 0.2) is 24.3 Å². The van der Waals surface area contributed by atoms with E-state index >= 15 is 0 Å². The quantitative estimate of drug-likeness (QED) is 0.783. The van der Waals surface area contributed by atoms with Crippen LogP contribution in [0.2, 0.25) is 0 Å². The van der Waals surface area contributed by atoms with Gasteiger partial charge in [-0.25, -0.2) is 0 Å². The summed E-state index contributed by atoms with van der Waals surface area (Å²) in [5, 5.41) is 6.21. The van der Waals surface area contributed by atoms with Crippen molar-refractivity contribution in [3.05, 3.63) is 24.3 Å². The molecule has 2 N–H and O–H groups in total. The van der Waals surface area contributed by atoms with E-state index in [0.29, 0.717) is 11.7 Å². The lowest BCUT2D eigenvalue weighted by Crippen LogP contribution is -2.38. The first-order valence-electron chi connectivity index (χ1n) is 9.17. The topological polar surface area (TPSA) is 59.6 Å². The third kappa shape index (κ3) is 5.68. The van der Waals surface area contributed by atoms with Crippen molar-refractivity contribution in [1.29, 1.82) is 0 Å². The highest BCUT2D eigenvalue weighted by atomic mass is 32.1. The molecule has 1 aromatic rings. The third-order valence-corrected chi connectivity index (χ3v) is 4.99. The highest BCUT2D eigenvalue weighted by Crippen LogP contribution is 2.23. The van der Waals surface area contributed by atoms with Gasteiger partial charge in [-0.2, -0.15) is 0 Å². The Kier molecular flexibility index (Phi) is 6.64. The van der Waals surface area contributed by atoms with E-state index in [4.69, 9.17) is 21.7 Å². The molecule has 0 bridgehead atoms. The van der Waals surface area contributed by atoms with Crippen LogP contribution in [0.1, 0.15) is 44.9 Å². The Labute approximate surface area is 154 Å². The smallest absolute Gasteiger partial charge is 0.229 e. The molecule has 1 amide bonds. The summed E-state index contributed by atoms with van der Waals surface area (Å²) in [6.07, 6.45) is 7.80. The third-order valence-electron chi connectivity index (χ3n) is 4.78. The zero-order valence-corrected chi connectivity index (χ0v) is 15.3. The first kappa shape index (κ1) is 18.1. The summed E-state index contributed by atoms with van der Waals surface area (Å²) >= 11 is 5.25. The Bertz CT molecular complexity index is 579. The number of hydrogen-bond donors (Lipinski definition) is 2. The van der Waals surface area contributed by atoms with Gasteiger partial charge >= 0.3 is 0 Å². The fraction of sp³-hybridized carbons (Fsp3) is 0.579. The lowest BCUT2D eigenvalue weighted by molar-refractivity contribution is -0.124. The second-order valence-electron chi connectivity index (χ2n) is 6.75. The van der Waals surface area contributed by atoms with Gasteiger partial charge in [-0.3, -0.25) is 4.79 Å². The van der Waals surface area contributed by atoms with Crippen LogP contribution in [0.3, 0.4) is 0 Å². The Hall–Kier alpha value is -1.66. The van der Waals surface area contributed by atoms with Crippen molar-refractivity contribution in [3.8, 4) is 5.75 Å². The molecule has 6 heteroatoms. The maximum atomic E-state index is 12.2.